The van der Waals surface area contributed by atoms with Gasteiger partial charge in [0.1, 0.15) is 16.8 Å². The average Bonchev–Trinajstić information content (AvgIpc) is 3.97. The smallest absolute Gasteiger partial charge is 0.180 e. The maximum absolute atomic E-state index is 6.39. The third-order valence-corrected chi connectivity index (χ3v) is 12.9. The fourth-order valence-corrected chi connectivity index (χ4v) is 10.1. The molecule has 57 heavy (non-hydrogen) atoms. The summed E-state index contributed by atoms with van der Waals surface area (Å²) < 4.78 is 11.2. The Balaban J connectivity index is 1.07. The lowest BCUT2D eigenvalue weighted by Gasteiger charge is -2.10. The molecule has 0 spiro atoms. The lowest BCUT2D eigenvalue weighted by Crippen LogP contribution is -2.00. The van der Waals surface area contributed by atoms with E-state index in [1.165, 1.54) is 20.2 Å². The van der Waals surface area contributed by atoms with Crippen LogP contribution in [0.1, 0.15) is 0 Å². The molecule has 0 N–H and O–H groups in total. The van der Waals surface area contributed by atoms with E-state index in [0.29, 0.717) is 28.9 Å². The normalized spacial score (nSPS) is 11.9. The van der Waals surface area contributed by atoms with Crippen molar-refractivity contribution in [3.63, 3.8) is 0 Å². The molecule has 0 amide bonds. The largest absolute Gasteiger partial charge is 0.452 e. The topological polar surface area (TPSA) is 77.6 Å². The number of hydrogen-bond acceptors (Lipinski definition) is 8. The molecule has 6 nitrogen and oxygen atoms in total. The molecule has 0 saturated heterocycles. The molecule has 12 aromatic rings. The van der Waals surface area contributed by atoms with Gasteiger partial charge in [0.15, 0.2) is 28.9 Å². The molecule has 0 aliphatic rings. The van der Waals surface area contributed by atoms with E-state index in [4.69, 9.17) is 29.3 Å². The third-order valence-electron chi connectivity index (χ3n) is 10.6. The number of furan rings is 1. The van der Waals surface area contributed by atoms with Crippen molar-refractivity contribution in [2.45, 2.75) is 0 Å². The summed E-state index contributed by atoms with van der Waals surface area (Å²) in [7, 11) is 0. The van der Waals surface area contributed by atoms with E-state index < -0.39 is 0 Å². The van der Waals surface area contributed by atoms with Crippen molar-refractivity contribution in [1.82, 2.24) is 24.9 Å². The third kappa shape index (κ3) is 5.26. The Morgan fingerprint density at radius 2 is 0.947 bits per heavy atom. The van der Waals surface area contributed by atoms with Gasteiger partial charge in [0, 0.05) is 73.5 Å². The molecule has 266 valence electrons. The van der Waals surface area contributed by atoms with Crippen LogP contribution in [-0.2, 0) is 0 Å². The van der Waals surface area contributed by atoms with E-state index in [1.807, 2.05) is 54.6 Å². The molecule has 8 heteroatoms. The van der Waals surface area contributed by atoms with E-state index in [2.05, 4.69) is 109 Å². The van der Waals surface area contributed by atoms with Gasteiger partial charge in [0.25, 0.3) is 0 Å². The molecule has 12 rings (SSSR count). The first kappa shape index (κ1) is 32.1. The molecule has 0 radical (unpaired) electrons. The molecular weight excluding hydrogens is 739 g/mol. The maximum atomic E-state index is 6.39. The highest BCUT2D eigenvalue weighted by atomic mass is 32.1. The number of nitrogens with zero attached hydrogens (tertiary/aromatic N) is 5. The van der Waals surface area contributed by atoms with Crippen LogP contribution in [0.5, 0.6) is 0 Å². The second kappa shape index (κ2) is 12.7. The second-order valence-electron chi connectivity index (χ2n) is 14.0. The second-order valence-corrected chi connectivity index (χ2v) is 16.2. The minimum Gasteiger partial charge on any atom is -0.452 e. The summed E-state index contributed by atoms with van der Waals surface area (Å²) >= 11 is 3.56. The highest BCUT2D eigenvalue weighted by Crippen LogP contribution is 2.43. The first-order valence-electron chi connectivity index (χ1n) is 18.7. The van der Waals surface area contributed by atoms with Crippen LogP contribution in [0.4, 0.5) is 0 Å². The number of aromatic nitrogens is 5. The predicted molar refractivity (Wildman–Crippen MR) is 236 cm³/mol. The van der Waals surface area contributed by atoms with Crippen LogP contribution < -0.4 is 0 Å². The lowest BCUT2D eigenvalue weighted by atomic mass is 10.0. The van der Waals surface area contributed by atoms with Gasteiger partial charge in [-0.2, -0.15) is 0 Å². The molecule has 5 aromatic heterocycles. The van der Waals surface area contributed by atoms with Gasteiger partial charge in [0.05, 0.1) is 0 Å². The van der Waals surface area contributed by atoms with Crippen molar-refractivity contribution >= 4 is 85.1 Å². The van der Waals surface area contributed by atoms with Crippen LogP contribution in [0.15, 0.2) is 168 Å². The number of thiophene rings is 2. The van der Waals surface area contributed by atoms with Crippen molar-refractivity contribution in [3.8, 4) is 56.8 Å². The zero-order valence-corrected chi connectivity index (χ0v) is 31.7. The van der Waals surface area contributed by atoms with Crippen LogP contribution in [0, 0.1) is 0 Å². The Morgan fingerprint density at radius 3 is 1.75 bits per heavy atom. The van der Waals surface area contributed by atoms with Crippen molar-refractivity contribution in [2.75, 3.05) is 0 Å². The first-order chi connectivity index (χ1) is 28.2. The van der Waals surface area contributed by atoms with Crippen LogP contribution in [-0.4, -0.2) is 24.9 Å². The van der Waals surface area contributed by atoms with Crippen molar-refractivity contribution in [2.24, 2.45) is 0 Å². The molecule has 0 fully saturated rings. The summed E-state index contributed by atoms with van der Waals surface area (Å²) in [5.41, 5.74) is 7.75. The minimum atomic E-state index is 0.624. The first-order valence-corrected chi connectivity index (χ1v) is 20.3. The number of rotatable bonds is 5. The van der Waals surface area contributed by atoms with E-state index in [-0.39, 0.29) is 0 Å². The standard InChI is InChI=1S/C49H27N5OS2/c1-3-12-28(13-4-1)43-45-44(33-17-7-9-19-37(33)55-45)51-47(50-43)31-23-25-40-36(27-31)42-34(18-11-21-41(42)57-40)49-53-46(29-14-5-2-6-15-29)52-48(54-49)30-22-24-39-35(26-30)32-16-8-10-20-38(32)56-39/h1-27H. The Hall–Kier alpha value is -7.13. The molecule has 0 atom stereocenters. The average molecular weight is 766 g/mol. The highest BCUT2D eigenvalue weighted by Gasteiger charge is 2.21. The van der Waals surface area contributed by atoms with Gasteiger partial charge in [-0.05, 0) is 60.7 Å². The van der Waals surface area contributed by atoms with Crippen molar-refractivity contribution in [1.29, 1.82) is 0 Å². The van der Waals surface area contributed by atoms with Crippen LogP contribution in [0.2, 0.25) is 0 Å². The van der Waals surface area contributed by atoms with E-state index in [9.17, 15) is 0 Å². The summed E-state index contributed by atoms with van der Waals surface area (Å²) in [6, 6.07) is 56.4. The maximum Gasteiger partial charge on any atom is 0.180 e. The number of fused-ring (bicyclic) bond motifs is 9. The summed E-state index contributed by atoms with van der Waals surface area (Å²) in [4.78, 5) is 25.8. The van der Waals surface area contributed by atoms with Gasteiger partial charge >= 0.3 is 0 Å². The van der Waals surface area contributed by atoms with Crippen molar-refractivity contribution in [3.05, 3.63) is 164 Å². The summed E-state index contributed by atoms with van der Waals surface area (Å²) in [5, 5.41) is 5.59. The number of para-hydroxylation sites is 1. The molecule has 0 aliphatic heterocycles. The molecule has 0 saturated carbocycles. The Labute approximate surface area is 333 Å². The summed E-state index contributed by atoms with van der Waals surface area (Å²) in [6.45, 7) is 0. The Bertz CT molecular complexity index is 3540. The molecule has 0 bridgehead atoms. The SMILES string of the molecule is c1ccc(-c2nc(-c3ccc4sc5ccccc5c4c3)nc(-c3cccc4sc5ccc(-c6nc(-c7ccccc7)c7oc8ccccc8c7n6)cc5c34)n2)cc1. The van der Waals surface area contributed by atoms with Gasteiger partial charge in [-0.25, -0.2) is 24.9 Å². The molecule has 0 aliphatic carbocycles. The lowest BCUT2D eigenvalue weighted by molar-refractivity contribution is 0.667. The Kier molecular flexibility index (Phi) is 7.17. The highest BCUT2D eigenvalue weighted by molar-refractivity contribution is 7.26. The number of hydrogen-bond donors (Lipinski definition) is 0. The minimum absolute atomic E-state index is 0.624. The molecule has 5 heterocycles. The van der Waals surface area contributed by atoms with E-state index in [1.54, 1.807) is 22.7 Å². The monoisotopic (exact) mass is 765 g/mol. The quantitative estimate of drug-likeness (QED) is 0.174. The zero-order valence-electron chi connectivity index (χ0n) is 30.0. The van der Waals surface area contributed by atoms with Crippen LogP contribution in [0.25, 0.3) is 119 Å². The fraction of sp³-hybridized carbons (Fsp3) is 0. The number of benzene rings is 7. The van der Waals surface area contributed by atoms with Gasteiger partial charge in [-0.1, -0.05) is 103 Å². The molecule has 7 aromatic carbocycles. The van der Waals surface area contributed by atoms with Crippen LogP contribution >= 0.6 is 22.7 Å². The van der Waals surface area contributed by atoms with Gasteiger partial charge in [-0.3, -0.25) is 0 Å². The van der Waals surface area contributed by atoms with Crippen LogP contribution in [0.3, 0.4) is 0 Å². The van der Waals surface area contributed by atoms with Gasteiger partial charge < -0.3 is 4.42 Å². The summed E-state index contributed by atoms with van der Waals surface area (Å²) in [6.07, 6.45) is 0. The molecular formula is C49H27N5OS2. The van der Waals surface area contributed by atoms with Gasteiger partial charge in [0.2, 0.25) is 0 Å². The molecule has 0 unspecified atom stereocenters. The Morgan fingerprint density at radius 1 is 0.368 bits per heavy atom. The summed E-state index contributed by atoms with van der Waals surface area (Å²) in [5.74, 6) is 2.52. The van der Waals surface area contributed by atoms with E-state index >= 15 is 0 Å². The van der Waals surface area contributed by atoms with Gasteiger partial charge in [-0.15, -0.1) is 22.7 Å². The van der Waals surface area contributed by atoms with Crippen molar-refractivity contribution < 1.29 is 4.42 Å². The van der Waals surface area contributed by atoms with E-state index in [0.717, 1.165) is 70.2 Å². The zero-order chi connectivity index (χ0) is 37.5. The fourth-order valence-electron chi connectivity index (χ4n) is 7.87. The predicted octanol–water partition coefficient (Wildman–Crippen LogP) is 13.6.